The molecular formula is C11H13BrN2S2. The maximum Gasteiger partial charge on any atom is 0.0542 e. The van der Waals surface area contributed by atoms with Gasteiger partial charge in [-0.1, -0.05) is 6.07 Å². The van der Waals surface area contributed by atoms with E-state index in [1.165, 1.54) is 9.75 Å². The van der Waals surface area contributed by atoms with Crippen molar-refractivity contribution in [3.8, 4) is 0 Å². The number of nitrogens with two attached hydrogens (primary N) is 1. The Balaban J connectivity index is 1.96. The van der Waals surface area contributed by atoms with Crippen LogP contribution >= 0.6 is 38.6 Å². The van der Waals surface area contributed by atoms with Gasteiger partial charge in [-0.2, -0.15) is 0 Å². The highest BCUT2D eigenvalue weighted by molar-refractivity contribution is 9.10. The van der Waals surface area contributed by atoms with Crippen LogP contribution in [0.15, 0.2) is 33.4 Å². The van der Waals surface area contributed by atoms with Crippen molar-refractivity contribution in [2.75, 3.05) is 6.54 Å². The minimum atomic E-state index is 0.249. The first-order valence-electron chi connectivity index (χ1n) is 4.99. The van der Waals surface area contributed by atoms with Crippen molar-refractivity contribution in [1.82, 2.24) is 5.32 Å². The average molecular weight is 317 g/mol. The molecule has 5 heteroatoms. The molecule has 2 nitrogen and oxygen atoms in total. The topological polar surface area (TPSA) is 38.0 Å². The van der Waals surface area contributed by atoms with Gasteiger partial charge in [-0.05, 0) is 33.4 Å². The van der Waals surface area contributed by atoms with Gasteiger partial charge < -0.3 is 11.1 Å². The molecule has 86 valence electrons. The van der Waals surface area contributed by atoms with E-state index in [0.717, 1.165) is 11.0 Å². The molecule has 0 saturated carbocycles. The highest BCUT2D eigenvalue weighted by atomic mass is 79.9. The molecule has 0 aliphatic rings. The summed E-state index contributed by atoms with van der Waals surface area (Å²) in [7, 11) is 0. The number of thiophene rings is 2. The van der Waals surface area contributed by atoms with Gasteiger partial charge in [0, 0.05) is 32.7 Å². The summed E-state index contributed by atoms with van der Waals surface area (Å²) >= 11 is 6.96. The third-order valence-corrected chi connectivity index (χ3v) is 4.95. The number of halogens is 1. The summed E-state index contributed by atoms with van der Waals surface area (Å²) in [6.07, 6.45) is 0. The second-order valence-corrected chi connectivity index (χ2v) is 6.31. The third-order valence-electron chi connectivity index (χ3n) is 2.27. The van der Waals surface area contributed by atoms with Gasteiger partial charge in [0.2, 0.25) is 0 Å². The summed E-state index contributed by atoms with van der Waals surface area (Å²) in [5, 5.41) is 7.66. The summed E-state index contributed by atoms with van der Waals surface area (Å²) in [6.45, 7) is 1.51. The zero-order valence-electron chi connectivity index (χ0n) is 8.65. The highest BCUT2D eigenvalue weighted by Crippen LogP contribution is 2.25. The minimum absolute atomic E-state index is 0.249. The van der Waals surface area contributed by atoms with Crippen molar-refractivity contribution in [1.29, 1.82) is 0 Å². The maximum atomic E-state index is 5.79. The fourth-order valence-electron chi connectivity index (χ4n) is 1.45. The summed E-state index contributed by atoms with van der Waals surface area (Å²) in [6, 6.07) is 6.58. The van der Waals surface area contributed by atoms with Crippen LogP contribution in [0.1, 0.15) is 15.8 Å². The molecule has 0 aromatic carbocycles. The van der Waals surface area contributed by atoms with Gasteiger partial charge in [-0.15, -0.1) is 22.7 Å². The van der Waals surface area contributed by atoms with Crippen LogP contribution < -0.4 is 11.1 Å². The van der Waals surface area contributed by atoms with Crippen LogP contribution in [0.2, 0.25) is 0 Å². The van der Waals surface area contributed by atoms with E-state index >= 15 is 0 Å². The SMILES string of the molecule is NCC(NCc1cccs1)c1cc(Br)cs1. The van der Waals surface area contributed by atoms with Gasteiger partial charge in [0.15, 0.2) is 0 Å². The van der Waals surface area contributed by atoms with Crippen LogP contribution in [0, 0.1) is 0 Å². The van der Waals surface area contributed by atoms with Crippen LogP contribution in [-0.2, 0) is 6.54 Å². The maximum absolute atomic E-state index is 5.79. The lowest BCUT2D eigenvalue weighted by Gasteiger charge is -2.14. The smallest absolute Gasteiger partial charge is 0.0542 e. The quantitative estimate of drug-likeness (QED) is 0.887. The molecule has 3 N–H and O–H groups in total. The summed E-state index contributed by atoms with van der Waals surface area (Å²) in [5.74, 6) is 0. The average Bonchev–Trinajstić information content (AvgIpc) is 2.91. The molecule has 16 heavy (non-hydrogen) atoms. The van der Waals surface area contributed by atoms with Crippen LogP contribution in [0.3, 0.4) is 0 Å². The fraction of sp³-hybridized carbons (Fsp3) is 0.273. The Morgan fingerprint density at radius 2 is 2.31 bits per heavy atom. The zero-order chi connectivity index (χ0) is 11.4. The van der Waals surface area contributed by atoms with Crippen LogP contribution in [0.25, 0.3) is 0 Å². The molecule has 2 aromatic heterocycles. The molecular weight excluding hydrogens is 304 g/mol. The first kappa shape index (κ1) is 12.3. The standard InChI is InChI=1S/C11H13BrN2S2/c12-8-4-11(16-7-8)10(5-13)14-6-9-2-1-3-15-9/h1-4,7,10,14H,5-6,13H2. The fourth-order valence-corrected chi connectivity index (χ4v) is 3.64. The largest absolute Gasteiger partial charge is 0.329 e. The van der Waals surface area contributed by atoms with Gasteiger partial charge >= 0.3 is 0 Å². The van der Waals surface area contributed by atoms with E-state index in [1.807, 2.05) is 0 Å². The van der Waals surface area contributed by atoms with E-state index in [-0.39, 0.29) is 6.04 Å². The molecule has 0 radical (unpaired) electrons. The minimum Gasteiger partial charge on any atom is -0.329 e. The molecule has 1 atom stereocenters. The Morgan fingerprint density at radius 1 is 1.44 bits per heavy atom. The monoisotopic (exact) mass is 316 g/mol. The summed E-state index contributed by atoms with van der Waals surface area (Å²) in [5.41, 5.74) is 5.79. The first-order valence-corrected chi connectivity index (χ1v) is 7.54. The van der Waals surface area contributed by atoms with E-state index in [1.54, 1.807) is 22.7 Å². The second kappa shape index (κ2) is 5.93. The molecule has 0 amide bonds. The molecule has 0 saturated heterocycles. The normalized spacial score (nSPS) is 12.9. The highest BCUT2D eigenvalue weighted by Gasteiger charge is 2.11. The van der Waals surface area contributed by atoms with Gasteiger partial charge in [-0.3, -0.25) is 0 Å². The lowest BCUT2D eigenvalue weighted by molar-refractivity contribution is 0.553. The molecule has 0 aliphatic carbocycles. The molecule has 2 heterocycles. The summed E-state index contributed by atoms with van der Waals surface area (Å²) < 4.78 is 1.13. The predicted molar refractivity (Wildman–Crippen MR) is 75.0 cm³/mol. The van der Waals surface area contributed by atoms with Crippen LogP contribution in [0.4, 0.5) is 0 Å². The Labute approximate surface area is 112 Å². The van der Waals surface area contributed by atoms with Gasteiger partial charge in [0.05, 0.1) is 6.04 Å². The molecule has 1 unspecified atom stereocenters. The Kier molecular flexibility index (Phi) is 4.55. The van der Waals surface area contributed by atoms with E-state index < -0.39 is 0 Å². The molecule has 0 bridgehead atoms. The predicted octanol–water partition coefficient (Wildman–Crippen LogP) is 3.36. The summed E-state index contributed by atoms with van der Waals surface area (Å²) in [4.78, 5) is 2.63. The molecule has 2 aromatic rings. The molecule has 0 fully saturated rings. The third kappa shape index (κ3) is 3.15. The van der Waals surface area contributed by atoms with Crippen molar-refractivity contribution in [3.05, 3.63) is 43.2 Å². The first-order chi connectivity index (χ1) is 7.79. The van der Waals surface area contributed by atoms with Crippen LogP contribution in [0.5, 0.6) is 0 Å². The van der Waals surface area contributed by atoms with Gasteiger partial charge in [-0.25, -0.2) is 0 Å². The van der Waals surface area contributed by atoms with E-state index in [2.05, 4.69) is 50.2 Å². The van der Waals surface area contributed by atoms with Crippen molar-refractivity contribution in [3.63, 3.8) is 0 Å². The Hall–Kier alpha value is -0.200. The molecule has 0 aliphatic heterocycles. The van der Waals surface area contributed by atoms with E-state index in [9.17, 15) is 0 Å². The number of rotatable bonds is 5. The van der Waals surface area contributed by atoms with Gasteiger partial charge in [0.1, 0.15) is 0 Å². The van der Waals surface area contributed by atoms with Gasteiger partial charge in [0.25, 0.3) is 0 Å². The van der Waals surface area contributed by atoms with Crippen molar-refractivity contribution in [2.45, 2.75) is 12.6 Å². The Bertz CT molecular complexity index is 425. The molecule has 0 spiro atoms. The van der Waals surface area contributed by atoms with E-state index in [4.69, 9.17) is 5.73 Å². The van der Waals surface area contributed by atoms with Crippen molar-refractivity contribution in [2.24, 2.45) is 5.73 Å². The number of hydrogen-bond donors (Lipinski definition) is 2. The number of nitrogens with one attached hydrogen (secondary N) is 1. The van der Waals surface area contributed by atoms with Crippen LogP contribution in [-0.4, -0.2) is 6.54 Å². The lowest BCUT2D eigenvalue weighted by Crippen LogP contribution is -2.26. The molecule has 2 rings (SSSR count). The number of hydrogen-bond acceptors (Lipinski definition) is 4. The zero-order valence-corrected chi connectivity index (χ0v) is 11.9. The van der Waals surface area contributed by atoms with Crippen molar-refractivity contribution >= 4 is 38.6 Å². The second-order valence-electron chi connectivity index (χ2n) is 3.42. The van der Waals surface area contributed by atoms with E-state index in [0.29, 0.717) is 6.54 Å². The van der Waals surface area contributed by atoms with Crippen molar-refractivity contribution < 1.29 is 0 Å². The lowest BCUT2D eigenvalue weighted by atomic mass is 10.2. The Morgan fingerprint density at radius 3 is 2.88 bits per heavy atom.